The molecule has 0 aromatic heterocycles. The largest absolute Gasteiger partial charge is 0.396 e. The number of hydrogen-bond acceptors (Lipinski definition) is 10. The van der Waals surface area contributed by atoms with Crippen molar-refractivity contribution in [1.82, 2.24) is 0 Å². The van der Waals surface area contributed by atoms with E-state index < -0.39 is 53.6 Å². The van der Waals surface area contributed by atoms with Gasteiger partial charge in [-0.05, 0) is 105 Å². The fourth-order valence-electron chi connectivity index (χ4n) is 13.9. The van der Waals surface area contributed by atoms with Crippen molar-refractivity contribution < 1.29 is 49.6 Å². The fraction of sp³-hybridized carbons (Fsp3) is 1.00. The Labute approximate surface area is 266 Å². The van der Waals surface area contributed by atoms with E-state index in [1.165, 1.54) is 0 Å². The molecule has 0 unspecified atom stereocenters. The van der Waals surface area contributed by atoms with Crippen molar-refractivity contribution in [1.29, 1.82) is 0 Å². The molecule has 10 nitrogen and oxygen atoms in total. The Morgan fingerprint density at radius 1 is 0.867 bits per heavy atom. The summed E-state index contributed by atoms with van der Waals surface area (Å²) in [5.74, 6) is -0.802. The van der Waals surface area contributed by atoms with Crippen LogP contribution in [0.4, 0.5) is 0 Å². The van der Waals surface area contributed by atoms with Gasteiger partial charge in [0.15, 0.2) is 12.1 Å². The molecule has 0 aromatic carbocycles. The van der Waals surface area contributed by atoms with E-state index in [1.807, 2.05) is 0 Å². The molecule has 3 heterocycles. The molecule has 17 atom stereocenters. The average Bonchev–Trinajstić information content (AvgIpc) is 3.50. The van der Waals surface area contributed by atoms with E-state index in [2.05, 4.69) is 27.7 Å². The molecule has 256 valence electrons. The summed E-state index contributed by atoms with van der Waals surface area (Å²) < 4.78 is 25.7. The minimum absolute atomic E-state index is 0.0133. The van der Waals surface area contributed by atoms with E-state index in [0.29, 0.717) is 12.3 Å². The van der Waals surface area contributed by atoms with E-state index in [0.717, 1.165) is 44.9 Å². The van der Waals surface area contributed by atoms with Crippen LogP contribution in [-0.4, -0.2) is 104 Å². The molecule has 8 aliphatic rings. The zero-order valence-electron chi connectivity index (χ0n) is 27.8. The van der Waals surface area contributed by atoms with Crippen LogP contribution in [0.25, 0.3) is 0 Å². The third-order valence-corrected chi connectivity index (χ3v) is 15.9. The molecule has 6 N–H and O–H groups in total. The van der Waals surface area contributed by atoms with E-state index in [4.69, 9.17) is 18.9 Å². The van der Waals surface area contributed by atoms with Crippen LogP contribution in [0.2, 0.25) is 0 Å². The maximum Gasteiger partial charge on any atom is 0.199 e. The number of ether oxygens (including phenoxy) is 4. The summed E-state index contributed by atoms with van der Waals surface area (Å²) in [6, 6.07) is 0. The molecule has 3 aliphatic heterocycles. The Morgan fingerprint density at radius 3 is 2.24 bits per heavy atom. The summed E-state index contributed by atoms with van der Waals surface area (Å²) in [6.45, 7) is 12.6. The van der Waals surface area contributed by atoms with Gasteiger partial charge in [0.25, 0.3) is 0 Å². The molecule has 8 fully saturated rings. The minimum atomic E-state index is -1.30. The molecule has 2 bridgehead atoms. The van der Waals surface area contributed by atoms with Crippen molar-refractivity contribution in [3.8, 4) is 0 Å². The van der Waals surface area contributed by atoms with Gasteiger partial charge in [-0.1, -0.05) is 27.7 Å². The Balaban J connectivity index is 1.11. The highest BCUT2D eigenvalue weighted by atomic mass is 16.8. The maximum absolute atomic E-state index is 12.7. The van der Waals surface area contributed by atoms with Crippen molar-refractivity contribution in [2.75, 3.05) is 13.2 Å². The van der Waals surface area contributed by atoms with Crippen molar-refractivity contribution in [2.45, 2.75) is 153 Å². The van der Waals surface area contributed by atoms with E-state index in [1.54, 1.807) is 13.8 Å². The summed E-state index contributed by atoms with van der Waals surface area (Å²) in [5, 5.41) is 65.3. The molecule has 8 rings (SSSR count). The summed E-state index contributed by atoms with van der Waals surface area (Å²) in [6.07, 6.45) is 0.888. The van der Waals surface area contributed by atoms with Gasteiger partial charge < -0.3 is 49.6 Å². The molecule has 45 heavy (non-hydrogen) atoms. The molecule has 0 amide bonds. The molecule has 5 saturated carbocycles. The maximum atomic E-state index is 12.7. The smallest absolute Gasteiger partial charge is 0.199 e. The molecule has 10 heteroatoms. The lowest BCUT2D eigenvalue weighted by molar-refractivity contribution is -0.303. The van der Waals surface area contributed by atoms with Gasteiger partial charge in [0.2, 0.25) is 0 Å². The number of hydrogen-bond donors (Lipinski definition) is 6. The summed E-state index contributed by atoms with van der Waals surface area (Å²) in [4.78, 5) is 0. The first-order valence-corrected chi connectivity index (χ1v) is 17.6. The van der Waals surface area contributed by atoms with Crippen LogP contribution in [0, 0.1) is 50.7 Å². The monoisotopic (exact) mass is 636 g/mol. The molecule has 0 aromatic rings. The van der Waals surface area contributed by atoms with Crippen LogP contribution in [0.3, 0.4) is 0 Å². The number of aliphatic hydroxyl groups excluding tert-OH is 5. The highest BCUT2D eigenvalue weighted by Gasteiger charge is 2.88. The average molecular weight is 637 g/mol. The van der Waals surface area contributed by atoms with Gasteiger partial charge in [-0.2, -0.15) is 0 Å². The first-order valence-electron chi connectivity index (χ1n) is 17.6. The quantitative estimate of drug-likeness (QED) is 0.253. The van der Waals surface area contributed by atoms with E-state index >= 15 is 0 Å². The number of aliphatic hydroxyl groups is 6. The van der Waals surface area contributed by atoms with Gasteiger partial charge in [0, 0.05) is 17.9 Å². The first-order chi connectivity index (χ1) is 20.9. The third-order valence-electron chi connectivity index (χ3n) is 15.9. The first kappa shape index (κ1) is 31.8. The second-order valence-electron chi connectivity index (χ2n) is 18.2. The van der Waals surface area contributed by atoms with Gasteiger partial charge >= 0.3 is 0 Å². The molecular weight excluding hydrogens is 580 g/mol. The van der Waals surface area contributed by atoms with Gasteiger partial charge in [0.05, 0.1) is 24.4 Å². The number of fused-ring (bicyclic) bond motifs is 4. The third kappa shape index (κ3) is 3.61. The summed E-state index contributed by atoms with van der Waals surface area (Å²) >= 11 is 0. The van der Waals surface area contributed by atoms with Gasteiger partial charge in [-0.3, -0.25) is 0 Å². The second-order valence-corrected chi connectivity index (χ2v) is 18.2. The van der Waals surface area contributed by atoms with E-state index in [-0.39, 0.29) is 64.8 Å². The highest BCUT2D eigenvalue weighted by molar-refractivity contribution is 5.34. The standard InChI is InChI=1S/C35H56O10/c1-29(2)20-7-8-21-32(6)28(40)35-25(17(14-36)13-19(44-35)26(45-35)30(3,4)41)31(32,5)11-12-34(21)16-33(20,34)10-9-22(29)43-27-24(39)23(38)18(37)15-42-27/h17-28,36-41H,7-16H2,1-6H3/t17-,18-,19-,20-,21-,22-,23-,24+,25+,26-,27-,28+,31+,32+,33+,34-,35-/m0/s1. The lowest BCUT2D eigenvalue weighted by Crippen LogP contribution is -2.61. The molecule has 5 aliphatic carbocycles. The van der Waals surface area contributed by atoms with Crippen LogP contribution in [0.5, 0.6) is 0 Å². The highest BCUT2D eigenvalue weighted by Crippen LogP contribution is 2.90. The predicted octanol–water partition coefficient (Wildman–Crippen LogP) is 2.09. The molecule has 0 radical (unpaired) electrons. The van der Waals surface area contributed by atoms with Crippen molar-refractivity contribution in [2.24, 2.45) is 50.7 Å². The Morgan fingerprint density at radius 2 is 1.56 bits per heavy atom. The van der Waals surface area contributed by atoms with Gasteiger partial charge in [0.1, 0.15) is 30.5 Å². The predicted molar refractivity (Wildman–Crippen MR) is 160 cm³/mol. The Kier molecular flexibility index (Phi) is 6.67. The van der Waals surface area contributed by atoms with Crippen LogP contribution >= 0.6 is 0 Å². The SMILES string of the molecule is CC(C)(O)[C@H]1O[C@@]23O[C@H]1C[C@@H](CO)[C@@H]2[C@@]1(C)CC[C@@]24C[C@@]25CC[C@H](O[C@@H]2OC[C@H](O)[C@H](O)[C@H]2O)C(C)(C)[C@@H]5CC[C@H]4[C@]1(C)[C@H]3O. The molecule has 3 spiro atoms. The van der Waals surface area contributed by atoms with Crippen LogP contribution in [-0.2, 0) is 18.9 Å². The van der Waals surface area contributed by atoms with Crippen LogP contribution in [0.1, 0.15) is 92.9 Å². The fourth-order valence-corrected chi connectivity index (χ4v) is 13.9. The van der Waals surface area contributed by atoms with Gasteiger partial charge in [-0.25, -0.2) is 0 Å². The van der Waals surface area contributed by atoms with Crippen LogP contribution in [0.15, 0.2) is 0 Å². The Bertz CT molecular complexity index is 1220. The Hall–Kier alpha value is -0.400. The van der Waals surface area contributed by atoms with E-state index in [9.17, 15) is 30.6 Å². The van der Waals surface area contributed by atoms with Crippen molar-refractivity contribution in [3.05, 3.63) is 0 Å². The lowest BCUT2D eigenvalue weighted by atomic mass is 9.41. The van der Waals surface area contributed by atoms with Crippen molar-refractivity contribution >= 4 is 0 Å². The van der Waals surface area contributed by atoms with Gasteiger partial charge in [-0.15, -0.1) is 0 Å². The minimum Gasteiger partial charge on any atom is -0.396 e. The van der Waals surface area contributed by atoms with Crippen LogP contribution < -0.4 is 0 Å². The zero-order chi connectivity index (χ0) is 32.3. The summed E-state index contributed by atoms with van der Waals surface area (Å²) in [7, 11) is 0. The molecular formula is C35H56O10. The van der Waals surface area contributed by atoms with Crippen molar-refractivity contribution in [3.63, 3.8) is 0 Å². The lowest BCUT2D eigenvalue weighted by Gasteiger charge is -2.63. The second kappa shape index (κ2) is 9.43. The zero-order valence-corrected chi connectivity index (χ0v) is 27.8. The summed E-state index contributed by atoms with van der Waals surface area (Å²) in [5.41, 5.74) is -1.89. The normalized spacial score (nSPS) is 61.1. The number of rotatable bonds is 4. The topological polar surface area (TPSA) is 158 Å². The molecule has 3 saturated heterocycles.